The number of anilines is 2. The number of rotatable bonds is 4. The van der Waals surface area contributed by atoms with Crippen LogP contribution in [0.3, 0.4) is 0 Å². The minimum absolute atomic E-state index is 0.227. The predicted octanol–water partition coefficient (Wildman–Crippen LogP) is 3.86. The fraction of sp³-hybridized carbons (Fsp3) is 0.278. The molecule has 0 fully saturated rings. The lowest BCUT2D eigenvalue weighted by molar-refractivity contribution is 0.220. The van der Waals surface area contributed by atoms with Gasteiger partial charge in [-0.2, -0.15) is 0 Å². The molecule has 122 valence electrons. The molecule has 0 unspecified atom stereocenters. The fourth-order valence-electron chi connectivity index (χ4n) is 2.26. The summed E-state index contributed by atoms with van der Waals surface area (Å²) in [5.41, 5.74) is 3.59. The van der Waals surface area contributed by atoms with Crippen LogP contribution in [0.1, 0.15) is 11.1 Å². The highest BCUT2D eigenvalue weighted by molar-refractivity contribution is 5.90. The van der Waals surface area contributed by atoms with Crippen LogP contribution in [0.2, 0.25) is 0 Å². The van der Waals surface area contributed by atoms with Crippen molar-refractivity contribution in [1.29, 1.82) is 0 Å². The van der Waals surface area contributed by atoms with Crippen molar-refractivity contribution in [3.05, 3.63) is 59.4 Å². The van der Waals surface area contributed by atoms with Crippen molar-refractivity contribution < 1.29 is 9.18 Å². The molecule has 0 aliphatic carbocycles. The van der Waals surface area contributed by atoms with Crippen LogP contribution in [-0.4, -0.2) is 32.1 Å². The zero-order valence-corrected chi connectivity index (χ0v) is 13.9. The van der Waals surface area contributed by atoms with Crippen LogP contribution < -0.4 is 10.2 Å². The summed E-state index contributed by atoms with van der Waals surface area (Å²) in [5, 5.41) is 2.89. The predicted molar refractivity (Wildman–Crippen MR) is 92.4 cm³/mol. The molecule has 0 saturated heterocycles. The van der Waals surface area contributed by atoms with Gasteiger partial charge < -0.3 is 15.1 Å². The number of aryl methyl sites for hydroxylation is 1. The molecule has 2 rings (SSSR count). The molecule has 2 aromatic rings. The van der Waals surface area contributed by atoms with Crippen molar-refractivity contribution in [3.8, 4) is 0 Å². The molecule has 0 aliphatic rings. The van der Waals surface area contributed by atoms with E-state index >= 15 is 0 Å². The van der Waals surface area contributed by atoms with Crippen molar-refractivity contribution in [1.82, 2.24) is 4.90 Å². The normalized spacial score (nSPS) is 10.3. The number of hydrogen-bond acceptors (Lipinski definition) is 2. The van der Waals surface area contributed by atoms with Gasteiger partial charge in [-0.05, 0) is 48.4 Å². The number of urea groups is 1. The molecule has 0 atom stereocenters. The summed E-state index contributed by atoms with van der Waals surface area (Å²) >= 11 is 0. The number of nitrogens with one attached hydrogen (secondary N) is 1. The summed E-state index contributed by atoms with van der Waals surface area (Å²) in [4.78, 5) is 15.8. The Hall–Kier alpha value is -2.56. The van der Waals surface area contributed by atoms with E-state index in [9.17, 15) is 9.18 Å². The number of halogens is 1. The van der Waals surface area contributed by atoms with Gasteiger partial charge in [0.2, 0.25) is 0 Å². The van der Waals surface area contributed by atoms with Crippen molar-refractivity contribution in [2.24, 2.45) is 0 Å². The SMILES string of the molecule is Cc1cc(N(C)C)ccc1NC(=O)N(C)Cc1cccc(F)c1. The van der Waals surface area contributed by atoms with Crippen LogP contribution >= 0.6 is 0 Å². The maximum Gasteiger partial charge on any atom is 0.321 e. The second-order valence-corrected chi connectivity index (χ2v) is 5.81. The van der Waals surface area contributed by atoms with Crippen molar-refractivity contribution in [2.45, 2.75) is 13.5 Å². The molecule has 4 nitrogen and oxygen atoms in total. The van der Waals surface area contributed by atoms with Crippen LogP contribution in [0, 0.1) is 12.7 Å². The first-order valence-electron chi connectivity index (χ1n) is 7.41. The third kappa shape index (κ3) is 4.45. The van der Waals surface area contributed by atoms with E-state index in [-0.39, 0.29) is 11.8 Å². The van der Waals surface area contributed by atoms with Gasteiger partial charge in [0.1, 0.15) is 5.82 Å². The van der Waals surface area contributed by atoms with E-state index in [0.717, 1.165) is 22.5 Å². The number of amides is 2. The summed E-state index contributed by atoms with van der Waals surface area (Å²) < 4.78 is 13.2. The van der Waals surface area contributed by atoms with E-state index in [2.05, 4.69) is 5.32 Å². The Labute approximate surface area is 136 Å². The Kier molecular flexibility index (Phi) is 5.21. The van der Waals surface area contributed by atoms with E-state index in [4.69, 9.17) is 0 Å². The molecule has 0 aromatic heterocycles. The standard InChI is InChI=1S/C18H22FN3O/c1-13-10-16(21(2)3)8-9-17(13)20-18(23)22(4)12-14-6-5-7-15(19)11-14/h5-11H,12H2,1-4H3,(H,20,23). The number of benzene rings is 2. The summed E-state index contributed by atoms with van der Waals surface area (Å²) in [6.45, 7) is 2.30. The third-order valence-electron chi connectivity index (χ3n) is 3.62. The van der Waals surface area contributed by atoms with Crippen molar-refractivity contribution in [2.75, 3.05) is 31.4 Å². The van der Waals surface area contributed by atoms with Crippen LogP contribution in [0.25, 0.3) is 0 Å². The summed E-state index contributed by atoms with van der Waals surface area (Å²) in [6.07, 6.45) is 0. The molecule has 0 bridgehead atoms. The van der Waals surface area contributed by atoms with Gasteiger partial charge in [-0.25, -0.2) is 9.18 Å². The van der Waals surface area contributed by atoms with Gasteiger partial charge in [0, 0.05) is 39.1 Å². The third-order valence-corrected chi connectivity index (χ3v) is 3.62. The first-order valence-corrected chi connectivity index (χ1v) is 7.41. The lowest BCUT2D eigenvalue weighted by atomic mass is 10.1. The Morgan fingerprint density at radius 3 is 2.48 bits per heavy atom. The molecule has 2 amide bonds. The molecule has 1 N–H and O–H groups in total. The minimum atomic E-state index is -0.300. The van der Waals surface area contributed by atoms with Gasteiger partial charge in [0.15, 0.2) is 0 Å². The van der Waals surface area contributed by atoms with Gasteiger partial charge >= 0.3 is 6.03 Å². The lowest BCUT2D eigenvalue weighted by Gasteiger charge is -2.20. The molecule has 0 spiro atoms. The summed E-state index contributed by atoms with van der Waals surface area (Å²) in [7, 11) is 5.63. The fourth-order valence-corrected chi connectivity index (χ4v) is 2.26. The zero-order chi connectivity index (χ0) is 17.0. The first kappa shape index (κ1) is 16.8. The molecule has 0 radical (unpaired) electrons. The molecule has 2 aromatic carbocycles. The van der Waals surface area contributed by atoms with Crippen LogP contribution in [-0.2, 0) is 6.54 Å². The minimum Gasteiger partial charge on any atom is -0.378 e. The monoisotopic (exact) mass is 315 g/mol. The van der Waals surface area contributed by atoms with Gasteiger partial charge in [-0.1, -0.05) is 12.1 Å². The maximum atomic E-state index is 13.2. The van der Waals surface area contributed by atoms with E-state index in [1.54, 1.807) is 19.2 Å². The molecule has 0 heterocycles. The van der Waals surface area contributed by atoms with Gasteiger partial charge in [-0.15, -0.1) is 0 Å². The topological polar surface area (TPSA) is 35.6 Å². The average molecular weight is 315 g/mol. The molecule has 0 saturated carbocycles. The molecular weight excluding hydrogens is 293 g/mol. The van der Waals surface area contributed by atoms with E-state index in [0.29, 0.717) is 6.54 Å². The highest BCUT2D eigenvalue weighted by Crippen LogP contribution is 2.21. The zero-order valence-electron chi connectivity index (χ0n) is 13.9. The van der Waals surface area contributed by atoms with E-state index in [1.807, 2.05) is 44.1 Å². The number of carbonyl (C=O) groups excluding carboxylic acids is 1. The van der Waals surface area contributed by atoms with Crippen LogP contribution in [0.15, 0.2) is 42.5 Å². The van der Waals surface area contributed by atoms with Crippen LogP contribution in [0.4, 0.5) is 20.6 Å². The Bertz CT molecular complexity index is 700. The van der Waals surface area contributed by atoms with Crippen molar-refractivity contribution >= 4 is 17.4 Å². The van der Waals surface area contributed by atoms with Gasteiger partial charge in [0.25, 0.3) is 0 Å². The summed E-state index contributed by atoms with van der Waals surface area (Å²) in [6, 6.07) is 11.9. The molecular formula is C18H22FN3O. The Morgan fingerprint density at radius 2 is 1.87 bits per heavy atom. The quantitative estimate of drug-likeness (QED) is 0.930. The number of nitrogens with zero attached hydrogens (tertiary/aromatic N) is 2. The highest BCUT2D eigenvalue weighted by atomic mass is 19.1. The Morgan fingerprint density at radius 1 is 1.13 bits per heavy atom. The molecule has 23 heavy (non-hydrogen) atoms. The van der Waals surface area contributed by atoms with E-state index in [1.165, 1.54) is 17.0 Å². The average Bonchev–Trinajstić information content (AvgIpc) is 2.49. The Balaban J connectivity index is 2.03. The second-order valence-electron chi connectivity index (χ2n) is 5.81. The second kappa shape index (κ2) is 7.13. The van der Waals surface area contributed by atoms with Gasteiger partial charge in [-0.3, -0.25) is 0 Å². The summed E-state index contributed by atoms with van der Waals surface area (Å²) in [5.74, 6) is -0.300. The number of hydrogen-bond donors (Lipinski definition) is 1. The smallest absolute Gasteiger partial charge is 0.321 e. The first-order chi connectivity index (χ1) is 10.9. The van der Waals surface area contributed by atoms with E-state index < -0.39 is 0 Å². The number of carbonyl (C=O) groups is 1. The largest absolute Gasteiger partial charge is 0.378 e. The van der Waals surface area contributed by atoms with Crippen molar-refractivity contribution in [3.63, 3.8) is 0 Å². The lowest BCUT2D eigenvalue weighted by Crippen LogP contribution is -2.31. The van der Waals surface area contributed by atoms with Gasteiger partial charge in [0.05, 0.1) is 0 Å². The molecule has 0 aliphatic heterocycles. The molecule has 5 heteroatoms. The maximum absolute atomic E-state index is 13.2. The van der Waals surface area contributed by atoms with Crippen LogP contribution in [0.5, 0.6) is 0 Å². The highest BCUT2D eigenvalue weighted by Gasteiger charge is 2.11.